The van der Waals surface area contributed by atoms with Crippen LogP contribution in [-0.4, -0.2) is 57.9 Å². The van der Waals surface area contributed by atoms with E-state index in [4.69, 9.17) is 21.4 Å². The minimum atomic E-state index is -0.939. The van der Waals surface area contributed by atoms with E-state index in [1.165, 1.54) is 0 Å². The summed E-state index contributed by atoms with van der Waals surface area (Å²) in [6.45, 7) is 0.364. The lowest BCUT2D eigenvalue weighted by Gasteiger charge is -2.22. The molecule has 1 aliphatic rings. The zero-order chi connectivity index (χ0) is 18.0. The van der Waals surface area contributed by atoms with E-state index >= 15 is 0 Å². The van der Waals surface area contributed by atoms with Gasteiger partial charge in [0.25, 0.3) is 5.91 Å². The number of methoxy groups -OCH3 is 1. The Balaban J connectivity index is 1.80. The average Bonchev–Trinajstić information content (AvgIpc) is 3.21. The van der Waals surface area contributed by atoms with Gasteiger partial charge >= 0.3 is 5.97 Å². The number of amides is 1. The Morgan fingerprint density at radius 2 is 2.12 bits per heavy atom. The Hall–Kier alpha value is -2.38. The molecule has 2 unspecified atom stereocenters. The molecule has 0 spiro atoms. The lowest BCUT2D eigenvalue weighted by molar-refractivity contribution is -0.138. The molecule has 7 nitrogen and oxygen atoms in total. The second-order valence-corrected chi connectivity index (χ2v) is 6.41. The summed E-state index contributed by atoms with van der Waals surface area (Å²) in [6.07, 6.45) is 0.239. The molecule has 3 rings (SSSR count). The van der Waals surface area contributed by atoms with Crippen LogP contribution < -0.4 is 0 Å². The minimum Gasteiger partial charge on any atom is -0.481 e. The van der Waals surface area contributed by atoms with Gasteiger partial charge in [-0.15, -0.1) is 0 Å². The van der Waals surface area contributed by atoms with Gasteiger partial charge in [0.1, 0.15) is 5.69 Å². The number of likely N-dealkylation sites (tertiary alicyclic amines) is 1. The van der Waals surface area contributed by atoms with Crippen LogP contribution in [0.25, 0.3) is 11.3 Å². The largest absolute Gasteiger partial charge is 0.481 e. The monoisotopic (exact) mass is 363 g/mol. The van der Waals surface area contributed by atoms with Crippen LogP contribution in [-0.2, 0) is 9.53 Å². The van der Waals surface area contributed by atoms with Crippen LogP contribution in [0.2, 0.25) is 5.02 Å². The van der Waals surface area contributed by atoms with Crippen molar-refractivity contribution in [2.24, 2.45) is 0 Å². The fraction of sp³-hybridized carbons (Fsp3) is 0.353. The number of nitrogens with zero attached hydrogens (tertiary/aromatic N) is 2. The normalized spacial score (nSPS) is 20.0. The van der Waals surface area contributed by atoms with Crippen molar-refractivity contribution in [1.29, 1.82) is 0 Å². The van der Waals surface area contributed by atoms with Crippen molar-refractivity contribution < 1.29 is 19.4 Å². The summed E-state index contributed by atoms with van der Waals surface area (Å²) in [7, 11) is 1.56. The third-order valence-electron chi connectivity index (χ3n) is 4.33. The molecular formula is C17H18ClN3O4. The molecule has 2 atom stereocenters. The predicted molar refractivity (Wildman–Crippen MR) is 91.5 cm³/mol. The molecule has 8 heteroatoms. The third kappa shape index (κ3) is 3.83. The van der Waals surface area contributed by atoms with Crippen LogP contribution in [0.4, 0.5) is 0 Å². The van der Waals surface area contributed by atoms with Gasteiger partial charge in [-0.25, -0.2) is 0 Å². The quantitative estimate of drug-likeness (QED) is 0.850. The minimum absolute atomic E-state index is 0.107. The maximum absolute atomic E-state index is 12.8. The van der Waals surface area contributed by atoms with Crippen LogP contribution in [0.5, 0.6) is 0 Å². The number of hydrogen-bond donors (Lipinski definition) is 2. The lowest BCUT2D eigenvalue weighted by atomic mass is 10.1. The number of aliphatic carboxylic acids is 1. The summed E-state index contributed by atoms with van der Waals surface area (Å²) in [5.41, 5.74) is 1.77. The van der Waals surface area contributed by atoms with Crippen molar-refractivity contribution in [3.05, 3.63) is 41.0 Å². The van der Waals surface area contributed by atoms with Gasteiger partial charge < -0.3 is 14.7 Å². The molecule has 0 aliphatic carbocycles. The predicted octanol–water partition coefficient (Wildman–Crippen LogP) is 2.43. The first kappa shape index (κ1) is 17.4. The highest BCUT2D eigenvalue weighted by Crippen LogP contribution is 2.26. The number of carboxylic acids is 1. The number of carbonyl (C=O) groups is 2. The van der Waals surface area contributed by atoms with Gasteiger partial charge in [-0.1, -0.05) is 23.7 Å². The maximum atomic E-state index is 12.8. The van der Waals surface area contributed by atoms with Gasteiger partial charge in [-0.2, -0.15) is 5.10 Å². The third-order valence-corrected chi connectivity index (χ3v) is 4.58. The zero-order valence-corrected chi connectivity index (χ0v) is 14.4. The smallest absolute Gasteiger partial charge is 0.305 e. The first-order chi connectivity index (χ1) is 12.0. The number of nitrogens with one attached hydrogen (secondary N) is 1. The highest BCUT2D eigenvalue weighted by atomic mass is 35.5. The molecule has 0 saturated carbocycles. The van der Waals surface area contributed by atoms with Gasteiger partial charge in [-0.3, -0.25) is 14.7 Å². The summed E-state index contributed by atoms with van der Waals surface area (Å²) in [5.74, 6) is -1.22. The van der Waals surface area contributed by atoms with E-state index in [0.29, 0.717) is 29.4 Å². The molecule has 0 bridgehead atoms. The second kappa shape index (κ2) is 7.25. The Morgan fingerprint density at radius 1 is 1.40 bits per heavy atom. The number of hydrogen-bond acceptors (Lipinski definition) is 4. The molecular weight excluding hydrogens is 346 g/mol. The van der Waals surface area contributed by atoms with Gasteiger partial charge in [0.05, 0.1) is 18.2 Å². The number of carbonyl (C=O) groups excluding carboxylic acids is 1. The van der Waals surface area contributed by atoms with Crippen molar-refractivity contribution in [3.63, 3.8) is 0 Å². The van der Waals surface area contributed by atoms with Gasteiger partial charge in [0, 0.05) is 30.3 Å². The Bertz CT molecular complexity index is 774. The molecule has 1 aliphatic heterocycles. The van der Waals surface area contributed by atoms with E-state index in [1.807, 2.05) is 12.1 Å². The lowest BCUT2D eigenvalue weighted by Crippen LogP contribution is -2.37. The van der Waals surface area contributed by atoms with E-state index in [1.54, 1.807) is 30.2 Å². The Labute approximate surface area is 149 Å². The van der Waals surface area contributed by atoms with Crippen LogP contribution in [0.1, 0.15) is 23.3 Å². The van der Waals surface area contributed by atoms with Crippen molar-refractivity contribution in [3.8, 4) is 11.3 Å². The molecule has 25 heavy (non-hydrogen) atoms. The highest BCUT2D eigenvalue weighted by molar-refractivity contribution is 6.30. The first-order valence-corrected chi connectivity index (χ1v) is 8.22. The number of carboxylic acid groups (broad SMARTS) is 1. The number of aromatic nitrogens is 2. The molecule has 1 saturated heterocycles. The number of rotatable bonds is 5. The van der Waals surface area contributed by atoms with E-state index in [0.717, 1.165) is 5.56 Å². The van der Waals surface area contributed by atoms with Gasteiger partial charge in [-0.05, 0) is 24.6 Å². The molecule has 1 fully saturated rings. The standard InChI is InChI=1S/C17H18ClN3O4/c1-25-13-6-12(7-16(22)23)21(9-13)17(24)15-8-14(19-20-15)10-2-4-11(18)5-3-10/h2-5,8,12-13H,6-7,9H2,1H3,(H,19,20)(H,22,23). The number of halogens is 1. The molecule has 2 N–H and O–H groups in total. The van der Waals surface area contributed by atoms with E-state index < -0.39 is 12.0 Å². The summed E-state index contributed by atoms with van der Waals surface area (Å²) >= 11 is 5.88. The highest BCUT2D eigenvalue weighted by Gasteiger charge is 2.37. The molecule has 1 amide bonds. The number of ether oxygens (including phenoxy) is 1. The van der Waals surface area contributed by atoms with Gasteiger partial charge in [0.15, 0.2) is 0 Å². The van der Waals surface area contributed by atoms with Crippen LogP contribution in [0.3, 0.4) is 0 Å². The number of benzene rings is 1. The van der Waals surface area contributed by atoms with E-state index in [-0.39, 0.29) is 18.4 Å². The van der Waals surface area contributed by atoms with Crippen molar-refractivity contribution in [2.45, 2.75) is 25.0 Å². The maximum Gasteiger partial charge on any atom is 0.305 e. The van der Waals surface area contributed by atoms with Crippen LogP contribution >= 0.6 is 11.6 Å². The van der Waals surface area contributed by atoms with E-state index in [2.05, 4.69) is 10.2 Å². The molecule has 2 aromatic rings. The topological polar surface area (TPSA) is 95.5 Å². The molecule has 1 aromatic heterocycles. The molecule has 1 aromatic carbocycles. The summed E-state index contributed by atoms with van der Waals surface area (Å²) < 4.78 is 5.30. The molecule has 2 heterocycles. The first-order valence-electron chi connectivity index (χ1n) is 7.85. The fourth-order valence-electron chi connectivity index (χ4n) is 3.04. The van der Waals surface area contributed by atoms with Crippen molar-refractivity contribution >= 4 is 23.5 Å². The summed E-state index contributed by atoms with van der Waals surface area (Å²) in [6, 6.07) is 8.40. The Kier molecular flexibility index (Phi) is 5.06. The number of H-pyrrole nitrogens is 1. The van der Waals surface area contributed by atoms with Crippen LogP contribution in [0.15, 0.2) is 30.3 Å². The summed E-state index contributed by atoms with van der Waals surface area (Å²) in [4.78, 5) is 25.4. The van der Waals surface area contributed by atoms with Crippen molar-refractivity contribution in [2.75, 3.05) is 13.7 Å². The fourth-order valence-corrected chi connectivity index (χ4v) is 3.17. The average molecular weight is 364 g/mol. The molecule has 0 radical (unpaired) electrons. The van der Waals surface area contributed by atoms with Crippen molar-refractivity contribution in [1.82, 2.24) is 15.1 Å². The number of aromatic amines is 1. The van der Waals surface area contributed by atoms with Crippen LogP contribution in [0, 0.1) is 0 Å². The second-order valence-electron chi connectivity index (χ2n) is 5.98. The molecule has 132 valence electrons. The zero-order valence-electron chi connectivity index (χ0n) is 13.6. The van der Waals surface area contributed by atoms with E-state index in [9.17, 15) is 9.59 Å². The summed E-state index contributed by atoms with van der Waals surface area (Å²) in [5, 5.41) is 16.6. The Morgan fingerprint density at radius 3 is 2.76 bits per heavy atom. The SMILES string of the molecule is COC1CC(CC(=O)O)N(C(=O)c2cc(-c3ccc(Cl)cc3)n[nH]2)C1. The van der Waals surface area contributed by atoms with Gasteiger partial charge in [0.2, 0.25) is 0 Å².